The predicted molar refractivity (Wildman–Crippen MR) is 60.8 cm³/mol. The zero-order chi connectivity index (χ0) is 9.71. The fourth-order valence-electron chi connectivity index (χ4n) is 4.33. The maximum Gasteiger partial charge on any atom is 0.163 e. The number of hydrogen-bond donors (Lipinski definition) is 2. The smallest absolute Gasteiger partial charge is 0.163 e. The van der Waals surface area contributed by atoms with Crippen molar-refractivity contribution in [2.75, 3.05) is 0 Å². The molecule has 4 saturated carbocycles. The Morgan fingerprint density at radius 1 is 1.00 bits per heavy atom. The lowest BCUT2D eigenvalue weighted by atomic mass is 9.54. The van der Waals surface area contributed by atoms with Gasteiger partial charge in [0.1, 0.15) is 0 Å². The van der Waals surface area contributed by atoms with Crippen molar-refractivity contribution in [2.45, 2.75) is 38.1 Å². The van der Waals surface area contributed by atoms with Crippen molar-refractivity contribution in [3.05, 3.63) is 0 Å². The molecule has 0 unspecified atom stereocenters. The van der Waals surface area contributed by atoms with Crippen LogP contribution in [0, 0.1) is 23.7 Å². The number of rotatable bonds is 1. The molecule has 4 rings (SSSR count). The average molecular weight is 210 g/mol. The van der Waals surface area contributed by atoms with Crippen LogP contribution in [0.5, 0.6) is 0 Å². The molecule has 0 aromatic heterocycles. The molecule has 0 heterocycles. The first-order valence-electron chi connectivity index (χ1n) is 5.78. The Bertz CT molecular complexity index is 236. The normalized spacial score (nSPS) is 49.3. The highest BCUT2D eigenvalue weighted by Gasteiger charge is 2.48. The van der Waals surface area contributed by atoms with Gasteiger partial charge in [0, 0.05) is 6.04 Å². The van der Waals surface area contributed by atoms with Crippen LogP contribution < -0.4 is 11.1 Å². The largest absolute Gasteiger partial charge is 0.376 e. The van der Waals surface area contributed by atoms with Gasteiger partial charge in [-0.15, -0.1) is 0 Å². The Morgan fingerprint density at radius 3 is 1.93 bits per heavy atom. The van der Waals surface area contributed by atoms with Crippen LogP contribution in [0.1, 0.15) is 32.1 Å². The third-order valence-corrected chi connectivity index (χ3v) is 4.65. The first-order valence-corrected chi connectivity index (χ1v) is 6.19. The molecule has 0 atom stereocenters. The fraction of sp³-hybridized carbons (Fsp3) is 0.909. The minimum atomic E-state index is 0.502. The summed E-state index contributed by atoms with van der Waals surface area (Å²) in [5.74, 6) is 3.80. The number of thiocarbonyl (C=S) groups is 1. The molecule has 78 valence electrons. The molecule has 0 amide bonds. The van der Waals surface area contributed by atoms with Gasteiger partial charge in [0.2, 0.25) is 0 Å². The van der Waals surface area contributed by atoms with Gasteiger partial charge in [0.05, 0.1) is 0 Å². The van der Waals surface area contributed by atoms with Crippen LogP contribution in [0.4, 0.5) is 0 Å². The first-order chi connectivity index (χ1) is 6.72. The van der Waals surface area contributed by atoms with Crippen molar-refractivity contribution < 1.29 is 0 Å². The van der Waals surface area contributed by atoms with Gasteiger partial charge >= 0.3 is 0 Å². The van der Waals surface area contributed by atoms with Gasteiger partial charge in [0.25, 0.3) is 0 Å². The summed E-state index contributed by atoms with van der Waals surface area (Å²) < 4.78 is 0. The van der Waals surface area contributed by atoms with E-state index in [1.807, 2.05) is 0 Å². The second-order valence-electron chi connectivity index (χ2n) is 5.47. The molecule has 3 N–H and O–H groups in total. The van der Waals surface area contributed by atoms with Gasteiger partial charge in [-0.1, -0.05) is 0 Å². The van der Waals surface area contributed by atoms with Crippen LogP contribution in [0.3, 0.4) is 0 Å². The SMILES string of the molecule is NC(=S)NC1C2CC3CC(C2)CC1C3. The van der Waals surface area contributed by atoms with Crippen molar-refractivity contribution in [1.82, 2.24) is 5.32 Å². The van der Waals surface area contributed by atoms with Gasteiger partial charge < -0.3 is 11.1 Å². The molecule has 0 spiro atoms. The standard InChI is InChI=1S/C11H18N2S/c12-11(14)13-10-8-2-6-1-7(4-8)5-9(10)3-6/h6-10H,1-5H2,(H3,12,13,14). The minimum Gasteiger partial charge on any atom is -0.376 e. The lowest BCUT2D eigenvalue weighted by molar-refractivity contribution is -0.00675. The summed E-state index contributed by atoms with van der Waals surface area (Å²) in [7, 11) is 0. The summed E-state index contributed by atoms with van der Waals surface area (Å²) in [6.07, 6.45) is 7.20. The highest BCUT2D eigenvalue weighted by Crippen LogP contribution is 2.53. The van der Waals surface area contributed by atoms with E-state index in [2.05, 4.69) is 5.32 Å². The fourth-order valence-corrected chi connectivity index (χ4v) is 4.46. The summed E-state index contributed by atoms with van der Waals surface area (Å²) in [5, 5.41) is 3.84. The summed E-state index contributed by atoms with van der Waals surface area (Å²) in [5.41, 5.74) is 5.59. The lowest BCUT2D eigenvalue weighted by Crippen LogP contribution is -2.56. The van der Waals surface area contributed by atoms with E-state index < -0.39 is 0 Å². The number of hydrogen-bond acceptors (Lipinski definition) is 1. The minimum absolute atomic E-state index is 0.502. The average Bonchev–Trinajstić information content (AvgIpc) is 2.09. The highest BCUT2D eigenvalue weighted by molar-refractivity contribution is 7.80. The van der Waals surface area contributed by atoms with E-state index in [-0.39, 0.29) is 0 Å². The second kappa shape index (κ2) is 3.09. The monoisotopic (exact) mass is 210 g/mol. The van der Waals surface area contributed by atoms with E-state index in [0.717, 1.165) is 23.7 Å². The van der Waals surface area contributed by atoms with E-state index in [4.69, 9.17) is 18.0 Å². The van der Waals surface area contributed by atoms with Crippen molar-refractivity contribution in [2.24, 2.45) is 29.4 Å². The van der Waals surface area contributed by atoms with Gasteiger partial charge in [-0.2, -0.15) is 0 Å². The van der Waals surface area contributed by atoms with E-state index in [0.29, 0.717) is 11.2 Å². The van der Waals surface area contributed by atoms with E-state index in [9.17, 15) is 0 Å². The molecule has 0 aromatic carbocycles. The molecule has 0 aliphatic heterocycles. The van der Waals surface area contributed by atoms with E-state index in [1.165, 1.54) is 32.1 Å². The number of nitrogens with two attached hydrogens (primary N) is 1. The predicted octanol–water partition coefficient (Wildman–Crippen LogP) is 1.64. The van der Waals surface area contributed by atoms with Crippen LogP contribution in [-0.4, -0.2) is 11.2 Å². The second-order valence-corrected chi connectivity index (χ2v) is 5.90. The lowest BCUT2D eigenvalue weighted by Gasteiger charge is -2.54. The highest BCUT2D eigenvalue weighted by atomic mass is 32.1. The van der Waals surface area contributed by atoms with Crippen molar-refractivity contribution in [3.8, 4) is 0 Å². The zero-order valence-electron chi connectivity index (χ0n) is 8.41. The summed E-state index contributed by atoms with van der Waals surface area (Å²) >= 11 is 4.96. The van der Waals surface area contributed by atoms with Gasteiger partial charge in [-0.25, -0.2) is 0 Å². The molecular formula is C11H18N2S. The van der Waals surface area contributed by atoms with Crippen molar-refractivity contribution in [3.63, 3.8) is 0 Å². The van der Waals surface area contributed by atoms with E-state index in [1.54, 1.807) is 0 Å². The zero-order valence-corrected chi connectivity index (χ0v) is 9.22. The van der Waals surface area contributed by atoms with Gasteiger partial charge in [-0.3, -0.25) is 0 Å². The Balaban J connectivity index is 1.77. The summed E-state index contributed by atoms with van der Waals surface area (Å²) in [6.45, 7) is 0. The third-order valence-electron chi connectivity index (χ3n) is 4.54. The maximum absolute atomic E-state index is 5.59. The number of nitrogens with one attached hydrogen (secondary N) is 1. The third kappa shape index (κ3) is 1.33. The molecule has 0 radical (unpaired) electrons. The summed E-state index contributed by atoms with van der Waals surface area (Å²) in [4.78, 5) is 0. The molecule has 14 heavy (non-hydrogen) atoms. The van der Waals surface area contributed by atoms with Gasteiger partial charge in [0.15, 0.2) is 5.11 Å². The van der Waals surface area contributed by atoms with Crippen LogP contribution in [0.15, 0.2) is 0 Å². The van der Waals surface area contributed by atoms with Crippen molar-refractivity contribution >= 4 is 17.3 Å². The molecule has 4 fully saturated rings. The molecular weight excluding hydrogens is 192 g/mol. The quantitative estimate of drug-likeness (QED) is 0.646. The molecule has 2 nitrogen and oxygen atoms in total. The summed E-state index contributed by atoms with van der Waals surface area (Å²) in [6, 6.07) is 0.611. The molecule has 3 heteroatoms. The molecule has 4 aliphatic rings. The first kappa shape index (κ1) is 8.96. The van der Waals surface area contributed by atoms with Crippen molar-refractivity contribution in [1.29, 1.82) is 0 Å². The van der Waals surface area contributed by atoms with Crippen LogP contribution in [-0.2, 0) is 0 Å². The molecule has 4 aliphatic carbocycles. The Kier molecular flexibility index (Phi) is 1.98. The molecule has 4 bridgehead atoms. The van der Waals surface area contributed by atoms with Crippen LogP contribution >= 0.6 is 12.2 Å². The van der Waals surface area contributed by atoms with E-state index >= 15 is 0 Å². The molecule has 0 aromatic rings. The maximum atomic E-state index is 5.59. The Labute approximate surface area is 90.6 Å². The molecule has 0 saturated heterocycles. The topological polar surface area (TPSA) is 38.0 Å². The van der Waals surface area contributed by atoms with Crippen LogP contribution in [0.25, 0.3) is 0 Å². The van der Waals surface area contributed by atoms with Crippen LogP contribution in [0.2, 0.25) is 0 Å². The Morgan fingerprint density at radius 2 is 1.50 bits per heavy atom. The Hall–Kier alpha value is -0.310. The van der Waals surface area contributed by atoms with Gasteiger partial charge in [-0.05, 0) is 68.0 Å².